The Morgan fingerprint density at radius 2 is 1.49 bits per heavy atom. The van der Waals surface area contributed by atoms with Crippen LogP contribution in [0.2, 0.25) is 0 Å². The number of ether oxygens (including phenoxy) is 3. The predicted molar refractivity (Wildman–Crippen MR) is 130 cm³/mol. The molecule has 0 bridgehead atoms. The van der Waals surface area contributed by atoms with Crippen molar-refractivity contribution in [3.63, 3.8) is 0 Å². The van der Waals surface area contributed by atoms with Gasteiger partial charge in [0.25, 0.3) is 5.91 Å². The monoisotopic (exact) mass is 514 g/mol. The van der Waals surface area contributed by atoms with Crippen LogP contribution in [0.5, 0.6) is 17.2 Å². The largest absolute Gasteiger partial charge is 0.497 e. The van der Waals surface area contributed by atoms with Gasteiger partial charge in [0.1, 0.15) is 5.75 Å². The van der Waals surface area contributed by atoms with Crippen molar-refractivity contribution in [2.45, 2.75) is 18.1 Å². The summed E-state index contributed by atoms with van der Waals surface area (Å²) in [7, 11) is 6.01. The molecule has 3 aromatic rings. The minimum Gasteiger partial charge on any atom is -0.497 e. The first kappa shape index (κ1) is 25.9. The molecule has 4 rings (SSSR count). The number of hydrogen-bond donors (Lipinski definition) is 1. The second kappa shape index (κ2) is 10.0. The number of rotatable bonds is 6. The average molecular weight is 515 g/mol. The van der Waals surface area contributed by atoms with Crippen molar-refractivity contribution in [2.75, 3.05) is 33.7 Å². The van der Waals surface area contributed by atoms with Crippen LogP contribution >= 0.6 is 0 Å². The number of nitrogens with one attached hydrogen (secondary N) is 1. The van der Waals surface area contributed by atoms with Gasteiger partial charge in [0.15, 0.2) is 11.5 Å². The van der Waals surface area contributed by atoms with E-state index in [0.717, 1.165) is 12.1 Å². The molecule has 0 aliphatic carbocycles. The molecule has 0 fully saturated rings. The molecular formula is C27H25F3N2O5. The van der Waals surface area contributed by atoms with Gasteiger partial charge in [-0.25, -0.2) is 0 Å². The van der Waals surface area contributed by atoms with Crippen molar-refractivity contribution in [3.05, 3.63) is 82.9 Å². The molecular weight excluding hydrogens is 489 g/mol. The van der Waals surface area contributed by atoms with Crippen molar-refractivity contribution >= 4 is 17.5 Å². The average Bonchev–Trinajstić information content (AvgIpc) is 2.89. The summed E-state index contributed by atoms with van der Waals surface area (Å²) in [5.41, 5.74) is 0.702. The van der Waals surface area contributed by atoms with E-state index in [1.54, 1.807) is 37.4 Å². The molecule has 10 heteroatoms. The lowest BCUT2D eigenvalue weighted by molar-refractivity contribution is -0.137. The van der Waals surface area contributed by atoms with Crippen LogP contribution in [0.25, 0.3) is 0 Å². The Balaban J connectivity index is 1.82. The third kappa shape index (κ3) is 4.91. The quantitative estimate of drug-likeness (QED) is 0.485. The highest BCUT2D eigenvalue weighted by atomic mass is 19.4. The normalized spacial score (nSPS) is 17.2. The number of halogens is 3. The molecule has 0 spiro atoms. The summed E-state index contributed by atoms with van der Waals surface area (Å²) < 4.78 is 55.0. The van der Waals surface area contributed by atoms with E-state index in [-0.39, 0.29) is 17.2 Å². The molecule has 2 atom stereocenters. The molecule has 0 radical (unpaired) electrons. The maximum Gasteiger partial charge on any atom is 0.416 e. The van der Waals surface area contributed by atoms with Crippen LogP contribution in [0.1, 0.15) is 39.0 Å². The minimum absolute atomic E-state index is 0.188. The molecule has 0 saturated carbocycles. The first-order chi connectivity index (χ1) is 17.6. The molecule has 37 heavy (non-hydrogen) atoms. The highest BCUT2D eigenvalue weighted by Gasteiger charge is 2.43. The molecule has 2 amide bonds. The number of fused-ring (bicyclic) bond motifs is 1. The number of alkyl halides is 3. The number of methoxy groups -OCH3 is 3. The summed E-state index contributed by atoms with van der Waals surface area (Å²) in [4.78, 5) is 28.6. The van der Waals surface area contributed by atoms with E-state index in [9.17, 15) is 22.8 Å². The van der Waals surface area contributed by atoms with E-state index in [0.29, 0.717) is 28.4 Å². The zero-order chi connectivity index (χ0) is 26.9. The Morgan fingerprint density at radius 3 is 2.03 bits per heavy atom. The standard InChI is InChI=1S/C27H25F3N2O5/c1-32-24(15-5-11-18(35-2)12-6-15)23(19-13-21(36-3)22(37-4)14-20(19)26(32)34)25(33)31-17-9-7-16(8-10-17)27(28,29)30/h5-14,23-24H,1-4H3,(H,31,33)/t23-,24-/m1/s1. The first-order valence-electron chi connectivity index (χ1n) is 11.2. The van der Waals surface area contributed by atoms with E-state index in [4.69, 9.17) is 14.2 Å². The molecule has 3 aromatic carbocycles. The summed E-state index contributed by atoms with van der Waals surface area (Å²) >= 11 is 0. The zero-order valence-electron chi connectivity index (χ0n) is 20.6. The van der Waals surface area contributed by atoms with Crippen molar-refractivity contribution in [2.24, 2.45) is 0 Å². The lowest BCUT2D eigenvalue weighted by Crippen LogP contribution is -2.44. The van der Waals surface area contributed by atoms with Crippen LogP contribution in [0.15, 0.2) is 60.7 Å². The Bertz CT molecular complexity index is 1310. The maximum absolute atomic E-state index is 13.8. The van der Waals surface area contributed by atoms with Gasteiger partial charge in [0, 0.05) is 18.3 Å². The summed E-state index contributed by atoms with van der Waals surface area (Å²) in [5.74, 6) is -0.491. The smallest absolute Gasteiger partial charge is 0.416 e. The van der Waals surface area contributed by atoms with Crippen LogP contribution < -0.4 is 19.5 Å². The van der Waals surface area contributed by atoms with Gasteiger partial charge in [0.2, 0.25) is 5.91 Å². The summed E-state index contributed by atoms with van der Waals surface area (Å²) in [6.07, 6.45) is -4.50. The van der Waals surface area contributed by atoms with Crippen molar-refractivity contribution in [3.8, 4) is 17.2 Å². The number of benzene rings is 3. The molecule has 0 unspecified atom stereocenters. The highest BCUT2D eigenvalue weighted by molar-refractivity contribution is 6.05. The minimum atomic E-state index is -4.50. The molecule has 194 valence electrons. The van der Waals surface area contributed by atoms with Crippen LogP contribution in [0, 0.1) is 0 Å². The number of carbonyl (C=O) groups excluding carboxylic acids is 2. The number of carbonyl (C=O) groups is 2. The van der Waals surface area contributed by atoms with Crippen LogP contribution in [0.4, 0.5) is 18.9 Å². The van der Waals surface area contributed by atoms with Gasteiger partial charge in [-0.3, -0.25) is 9.59 Å². The van der Waals surface area contributed by atoms with Crippen LogP contribution in [0.3, 0.4) is 0 Å². The maximum atomic E-state index is 13.8. The van der Waals surface area contributed by atoms with Gasteiger partial charge in [-0.1, -0.05) is 12.1 Å². The van der Waals surface area contributed by atoms with Crippen LogP contribution in [-0.2, 0) is 11.0 Å². The fourth-order valence-corrected chi connectivity index (χ4v) is 4.51. The first-order valence-corrected chi connectivity index (χ1v) is 11.2. The molecule has 0 aromatic heterocycles. The second-order valence-electron chi connectivity index (χ2n) is 8.47. The highest BCUT2D eigenvalue weighted by Crippen LogP contribution is 2.46. The van der Waals surface area contributed by atoms with Gasteiger partial charge < -0.3 is 24.4 Å². The lowest BCUT2D eigenvalue weighted by atomic mass is 9.79. The van der Waals surface area contributed by atoms with Gasteiger partial charge in [0.05, 0.1) is 38.9 Å². The second-order valence-corrected chi connectivity index (χ2v) is 8.47. The van der Waals surface area contributed by atoms with E-state index in [1.807, 2.05) is 0 Å². The Morgan fingerprint density at radius 1 is 0.892 bits per heavy atom. The van der Waals surface area contributed by atoms with Gasteiger partial charge in [-0.2, -0.15) is 13.2 Å². The fraction of sp³-hybridized carbons (Fsp3) is 0.259. The van der Waals surface area contributed by atoms with Crippen molar-refractivity contribution in [1.29, 1.82) is 0 Å². The Labute approximate surface area is 211 Å². The van der Waals surface area contributed by atoms with Crippen LogP contribution in [-0.4, -0.2) is 45.1 Å². The SMILES string of the molecule is COc1ccc([C@@H]2[C@H](C(=O)Nc3ccc(C(F)(F)F)cc3)c3cc(OC)c(OC)cc3C(=O)N2C)cc1. The van der Waals surface area contributed by atoms with E-state index in [1.165, 1.54) is 44.4 Å². The van der Waals surface area contributed by atoms with Gasteiger partial charge >= 0.3 is 6.18 Å². The lowest BCUT2D eigenvalue weighted by Gasteiger charge is -2.40. The van der Waals surface area contributed by atoms with Gasteiger partial charge in [-0.15, -0.1) is 0 Å². The number of hydrogen-bond acceptors (Lipinski definition) is 5. The fourth-order valence-electron chi connectivity index (χ4n) is 4.51. The third-order valence-corrected chi connectivity index (χ3v) is 6.39. The molecule has 1 aliphatic heterocycles. The molecule has 0 saturated heterocycles. The van der Waals surface area contributed by atoms with Crippen molar-refractivity contribution in [1.82, 2.24) is 4.90 Å². The zero-order valence-corrected chi connectivity index (χ0v) is 20.6. The topological polar surface area (TPSA) is 77.1 Å². The molecule has 7 nitrogen and oxygen atoms in total. The van der Waals surface area contributed by atoms with Gasteiger partial charge in [-0.05, 0) is 59.7 Å². The van der Waals surface area contributed by atoms with Crippen molar-refractivity contribution < 1.29 is 37.0 Å². The Kier molecular flexibility index (Phi) is 7.02. The van der Waals surface area contributed by atoms with E-state index >= 15 is 0 Å². The Hall–Kier alpha value is -4.21. The summed E-state index contributed by atoms with van der Waals surface area (Å²) in [5, 5.41) is 2.71. The molecule has 1 N–H and O–H groups in total. The van der Waals surface area contributed by atoms with E-state index < -0.39 is 29.6 Å². The summed E-state index contributed by atoms with van der Waals surface area (Å²) in [6, 6.07) is 13.5. The third-order valence-electron chi connectivity index (χ3n) is 6.39. The number of anilines is 1. The molecule has 1 heterocycles. The predicted octanol–water partition coefficient (Wildman–Crippen LogP) is 5.28. The number of likely N-dealkylation sites (N-methyl/N-ethyl adjacent to an activating group) is 1. The molecule has 1 aliphatic rings. The number of amides is 2. The summed E-state index contributed by atoms with van der Waals surface area (Å²) in [6.45, 7) is 0. The van der Waals surface area contributed by atoms with E-state index in [2.05, 4.69) is 5.32 Å². The number of nitrogens with zero attached hydrogens (tertiary/aromatic N) is 1.